The molecule has 1 aromatic carbocycles. The third kappa shape index (κ3) is 4.05. The topological polar surface area (TPSA) is 37.3 Å². The maximum absolute atomic E-state index is 10.8. The highest BCUT2D eigenvalue weighted by atomic mass is 16.3. The third-order valence-electron chi connectivity index (χ3n) is 2.98. The van der Waals surface area contributed by atoms with Crippen molar-refractivity contribution in [3.63, 3.8) is 0 Å². The first kappa shape index (κ1) is 12.8. The van der Waals surface area contributed by atoms with Crippen LogP contribution in [0.5, 0.6) is 5.75 Å². The van der Waals surface area contributed by atoms with Gasteiger partial charge in [0.15, 0.2) is 0 Å². The minimum Gasteiger partial charge on any atom is -0.508 e. The third-order valence-corrected chi connectivity index (χ3v) is 2.98. The summed E-state index contributed by atoms with van der Waals surface area (Å²) in [5, 5.41) is 8.92. The molecule has 0 bridgehead atoms. The number of benzene rings is 1. The first-order valence-electron chi connectivity index (χ1n) is 5.88. The molecule has 0 amide bonds. The van der Waals surface area contributed by atoms with Crippen molar-refractivity contribution in [2.75, 3.05) is 0 Å². The molecule has 0 aliphatic heterocycles. The van der Waals surface area contributed by atoms with Crippen LogP contribution in [0.4, 0.5) is 0 Å². The van der Waals surface area contributed by atoms with Gasteiger partial charge in [0.2, 0.25) is 0 Å². The summed E-state index contributed by atoms with van der Waals surface area (Å²) in [7, 11) is 0. The molecule has 2 rings (SSSR count). The van der Waals surface area contributed by atoms with Crippen LogP contribution in [0.25, 0.3) is 0 Å². The fraction of sp³-hybridized carbons (Fsp3) is 0.500. The van der Waals surface area contributed by atoms with Gasteiger partial charge in [-0.15, -0.1) is 0 Å². The zero-order chi connectivity index (χ0) is 12.0. The van der Waals surface area contributed by atoms with Gasteiger partial charge >= 0.3 is 0 Å². The van der Waals surface area contributed by atoms with Crippen molar-refractivity contribution in [3.05, 3.63) is 29.8 Å². The lowest BCUT2D eigenvalue weighted by molar-refractivity contribution is -0.123. The monoisotopic (exact) mass is 220 g/mol. The molecule has 2 heteroatoms. The molecule has 2 nitrogen and oxygen atoms in total. The molecule has 0 saturated heterocycles. The molecule has 1 aliphatic carbocycles. The van der Waals surface area contributed by atoms with Gasteiger partial charge in [-0.05, 0) is 31.4 Å². The lowest BCUT2D eigenvalue weighted by Crippen LogP contribution is -2.14. The van der Waals surface area contributed by atoms with Gasteiger partial charge in [0.1, 0.15) is 11.5 Å². The molecular weight excluding hydrogens is 200 g/mol. The predicted molar refractivity (Wildman–Crippen MR) is 65.5 cm³/mol. The summed E-state index contributed by atoms with van der Waals surface area (Å²) in [6.07, 6.45) is 4.34. The van der Waals surface area contributed by atoms with Crippen LogP contribution in [0, 0.1) is 12.8 Å². The molecule has 1 unspecified atom stereocenters. The van der Waals surface area contributed by atoms with Gasteiger partial charge in [-0.1, -0.05) is 31.5 Å². The Morgan fingerprint density at radius 3 is 2.31 bits per heavy atom. The molecule has 0 radical (unpaired) electrons. The summed E-state index contributed by atoms with van der Waals surface area (Å²) >= 11 is 0. The van der Waals surface area contributed by atoms with Crippen LogP contribution < -0.4 is 0 Å². The van der Waals surface area contributed by atoms with Crippen molar-refractivity contribution >= 4 is 5.78 Å². The van der Waals surface area contributed by atoms with E-state index in [9.17, 15) is 4.79 Å². The van der Waals surface area contributed by atoms with Gasteiger partial charge in [0.05, 0.1) is 0 Å². The van der Waals surface area contributed by atoms with Crippen LogP contribution in [0.1, 0.15) is 38.2 Å². The smallest absolute Gasteiger partial charge is 0.135 e. The summed E-state index contributed by atoms with van der Waals surface area (Å²) in [5.41, 5.74) is 0.924. The second kappa shape index (κ2) is 6.31. The normalized spacial score (nSPS) is 19.9. The number of carbonyl (C=O) groups is 1. The number of carbonyl (C=O) groups excluding carboxylic acids is 1. The van der Waals surface area contributed by atoms with E-state index in [2.05, 4.69) is 0 Å². The van der Waals surface area contributed by atoms with Gasteiger partial charge < -0.3 is 5.11 Å². The van der Waals surface area contributed by atoms with Crippen LogP contribution in [0.15, 0.2) is 24.3 Å². The Kier molecular flexibility index (Phi) is 5.03. The van der Waals surface area contributed by atoms with Crippen molar-refractivity contribution in [2.24, 2.45) is 5.92 Å². The Labute approximate surface area is 97.3 Å². The van der Waals surface area contributed by atoms with Crippen molar-refractivity contribution in [1.82, 2.24) is 0 Å². The number of hydrogen-bond acceptors (Lipinski definition) is 2. The summed E-state index contributed by atoms with van der Waals surface area (Å²) in [5.74, 6) is 1.20. The lowest BCUT2D eigenvalue weighted by Gasteiger charge is -2.14. The van der Waals surface area contributed by atoms with E-state index in [1.165, 1.54) is 6.42 Å². The van der Waals surface area contributed by atoms with E-state index in [0.29, 0.717) is 17.5 Å². The number of para-hydroxylation sites is 1. The average molecular weight is 220 g/mol. The maximum atomic E-state index is 10.8. The maximum Gasteiger partial charge on any atom is 0.135 e. The quantitative estimate of drug-likeness (QED) is 0.727. The Morgan fingerprint density at radius 1 is 1.25 bits per heavy atom. The fourth-order valence-electron chi connectivity index (χ4n) is 1.72. The minimum atomic E-state index is 0.365. The van der Waals surface area contributed by atoms with Crippen LogP contribution in [0.3, 0.4) is 0 Å². The number of Topliss-reactive ketones (excluding diaryl/α,β-unsaturated/α-hetero) is 1. The van der Waals surface area contributed by atoms with Gasteiger partial charge in [-0.25, -0.2) is 0 Å². The second-order valence-electron chi connectivity index (χ2n) is 4.40. The van der Waals surface area contributed by atoms with E-state index < -0.39 is 0 Å². The lowest BCUT2D eigenvalue weighted by atomic mass is 9.90. The molecule has 1 fully saturated rings. The largest absolute Gasteiger partial charge is 0.508 e. The highest BCUT2D eigenvalue weighted by molar-refractivity contribution is 5.81. The van der Waals surface area contributed by atoms with Crippen molar-refractivity contribution in [2.45, 2.75) is 39.5 Å². The van der Waals surface area contributed by atoms with Gasteiger partial charge in [0.25, 0.3) is 0 Å². The summed E-state index contributed by atoms with van der Waals surface area (Å²) in [6, 6.07) is 7.25. The Balaban J connectivity index is 0.000000160. The first-order chi connectivity index (χ1) is 7.61. The minimum absolute atomic E-state index is 0.365. The molecule has 16 heavy (non-hydrogen) atoms. The second-order valence-corrected chi connectivity index (χ2v) is 4.40. The zero-order valence-corrected chi connectivity index (χ0v) is 10.1. The zero-order valence-electron chi connectivity index (χ0n) is 10.1. The number of ketones is 1. The number of phenols is 1. The van der Waals surface area contributed by atoms with E-state index in [-0.39, 0.29) is 0 Å². The van der Waals surface area contributed by atoms with Gasteiger partial charge in [-0.3, -0.25) is 4.79 Å². The van der Waals surface area contributed by atoms with Crippen LogP contribution >= 0.6 is 0 Å². The Hall–Kier alpha value is -1.31. The van der Waals surface area contributed by atoms with Crippen molar-refractivity contribution in [3.8, 4) is 5.75 Å². The predicted octanol–water partition coefficient (Wildman–Crippen LogP) is 3.47. The summed E-state index contributed by atoms with van der Waals surface area (Å²) in [6.45, 7) is 3.90. The van der Waals surface area contributed by atoms with Crippen molar-refractivity contribution < 1.29 is 9.90 Å². The number of aryl methyl sites for hydroxylation is 1. The molecule has 1 aliphatic rings. The SMILES string of the molecule is CC1CCCCC1=O.Cc1ccccc1O. The highest BCUT2D eigenvalue weighted by Gasteiger charge is 2.16. The fourth-order valence-corrected chi connectivity index (χ4v) is 1.72. The molecular formula is C14H20O2. The summed E-state index contributed by atoms with van der Waals surface area (Å²) < 4.78 is 0. The number of phenolic OH excluding ortho intramolecular Hbond substituents is 1. The molecule has 1 atom stereocenters. The molecule has 1 saturated carbocycles. The number of rotatable bonds is 0. The average Bonchev–Trinajstić information content (AvgIpc) is 2.28. The Morgan fingerprint density at radius 2 is 1.94 bits per heavy atom. The van der Waals surface area contributed by atoms with Crippen LogP contribution in [0.2, 0.25) is 0 Å². The first-order valence-corrected chi connectivity index (χ1v) is 5.88. The molecule has 0 heterocycles. The van der Waals surface area contributed by atoms with E-state index in [1.54, 1.807) is 6.07 Å². The van der Waals surface area contributed by atoms with Crippen LogP contribution in [-0.2, 0) is 4.79 Å². The summed E-state index contributed by atoms with van der Waals surface area (Å²) in [4.78, 5) is 10.8. The van der Waals surface area contributed by atoms with Gasteiger partial charge in [-0.2, -0.15) is 0 Å². The van der Waals surface area contributed by atoms with E-state index >= 15 is 0 Å². The molecule has 1 aromatic rings. The molecule has 0 aromatic heterocycles. The number of hydrogen-bond donors (Lipinski definition) is 1. The standard InChI is InChI=1S/C7H12O.C7H8O/c2*1-6-4-2-3-5-7(6)8/h6H,2-5H2,1H3;2-5,8H,1H3. The number of aromatic hydroxyl groups is 1. The molecule has 0 spiro atoms. The van der Waals surface area contributed by atoms with Crippen LogP contribution in [-0.4, -0.2) is 10.9 Å². The molecule has 1 N–H and O–H groups in total. The Bertz CT molecular complexity index is 323. The van der Waals surface area contributed by atoms with E-state index in [4.69, 9.17) is 5.11 Å². The van der Waals surface area contributed by atoms with E-state index in [1.807, 2.05) is 32.0 Å². The van der Waals surface area contributed by atoms with Gasteiger partial charge in [0, 0.05) is 12.3 Å². The highest BCUT2D eigenvalue weighted by Crippen LogP contribution is 2.18. The van der Waals surface area contributed by atoms with E-state index in [0.717, 1.165) is 24.8 Å². The van der Waals surface area contributed by atoms with Crippen molar-refractivity contribution in [1.29, 1.82) is 0 Å². The molecule has 88 valence electrons.